The number of benzene rings is 2. The zero-order valence-electron chi connectivity index (χ0n) is 15.1. The van der Waals surface area contributed by atoms with Crippen molar-refractivity contribution in [2.45, 2.75) is 19.0 Å². The number of rotatable bonds is 5. The van der Waals surface area contributed by atoms with Crippen molar-refractivity contribution in [2.24, 2.45) is 0 Å². The summed E-state index contributed by atoms with van der Waals surface area (Å²) in [4.78, 5) is 21.1. The zero-order chi connectivity index (χ0) is 18.8. The van der Waals surface area contributed by atoms with E-state index in [4.69, 9.17) is 0 Å². The predicted octanol–water partition coefficient (Wildman–Crippen LogP) is 3.70. The van der Waals surface area contributed by atoms with Gasteiger partial charge in [-0.3, -0.25) is 14.8 Å². The lowest BCUT2D eigenvalue weighted by Crippen LogP contribution is -2.23. The van der Waals surface area contributed by atoms with Crippen molar-refractivity contribution in [3.63, 3.8) is 0 Å². The first kappa shape index (κ1) is 17.4. The van der Waals surface area contributed by atoms with Crippen molar-refractivity contribution < 1.29 is 4.79 Å². The maximum atomic E-state index is 12.4. The molecular weight excluding hydrogens is 358 g/mol. The normalized spacial score (nSPS) is 11.0. The molecule has 0 bridgehead atoms. The average Bonchev–Trinajstić information content (AvgIpc) is 3.26. The molecule has 0 fully saturated rings. The van der Waals surface area contributed by atoms with E-state index >= 15 is 0 Å². The van der Waals surface area contributed by atoms with Crippen LogP contribution in [0.4, 0.5) is 0 Å². The average molecular weight is 377 g/mol. The quantitative estimate of drug-likeness (QED) is 0.539. The van der Waals surface area contributed by atoms with Gasteiger partial charge in [-0.25, -0.2) is 14.6 Å². The molecule has 0 spiro atoms. The molecule has 0 aliphatic carbocycles. The Morgan fingerprint density at radius 1 is 1.11 bits per heavy atom. The number of hydrogen-bond donors (Lipinski definition) is 1. The Morgan fingerprint density at radius 3 is 2.70 bits per heavy atom. The summed E-state index contributed by atoms with van der Waals surface area (Å²) in [6, 6.07) is 14.0. The van der Waals surface area contributed by atoms with Crippen molar-refractivity contribution in [2.75, 3.05) is 11.2 Å². The molecule has 0 radical (unpaired) electrons. The van der Waals surface area contributed by atoms with Gasteiger partial charge in [-0.2, -0.15) is 0 Å². The van der Waals surface area contributed by atoms with Crippen LogP contribution in [0.1, 0.15) is 11.1 Å². The van der Waals surface area contributed by atoms with Gasteiger partial charge in [0.2, 0.25) is 5.91 Å². The zero-order valence-corrected chi connectivity index (χ0v) is 15.9. The lowest BCUT2D eigenvalue weighted by atomic mass is 10.1. The standard InChI is InChI=1S/C20H19N5OS/c1-14-9-15(2)11-16(10-14)24-8-7-21-20(24)27-12-19(26)23-25-13-22-17-5-3-4-6-18(17)25/h3-11,13H,12H2,1-2H3,(H,23,26). The second-order valence-electron chi connectivity index (χ2n) is 6.35. The summed E-state index contributed by atoms with van der Waals surface area (Å²) in [6.45, 7) is 4.15. The van der Waals surface area contributed by atoms with E-state index in [2.05, 4.69) is 47.4 Å². The minimum absolute atomic E-state index is 0.113. The third kappa shape index (κ3) is 3.73. The molecule has 4 rings (SSSR count). The van der Waals surface area contributed by atoms with Crippen molar-refractivity contribution >= 4 is 28.7 Å². The molecule has 1 N–H and O–H groups in total. The van der Waals surface area contributed by atoms with Gasteiger partial charge in [-0.05, 0) is 49.2 Å². The Hall–Kier alpha value is -3.06. The molecule has 7 heteroatoms. The van der Waals surface area contributed by atoms with Crippen LogP contribution in [0.25, 0.3) is 16.7 Å². The molecule has 0 atom stereocenters. The molecule has 136 valence electrons. The number of nitrogens with one attached hydrogen (secondary N) is 1. The van der Waals surface area contributed by atoms with Crippen molar-refractivity contribution in [3.05, 3.63) is 72.3 Å². The largest absolute Gasteiger partial charge is 0.295 e. The molecule has 2 aromatic heterocycles. The van der Waals surface area contributed by atoms with Crippen LogP contribution >= 0.6 is 11.8 Å². The van der Waals surface area contributed by atoms with Crippen molar-refractivity contribution in [1.82, 2.24) is 19.2 Å². The molecule has 0 aliphatic heterocycles. The SMILES string of the molecule is Cc1cc(C)cc(-n2ccnc2SCC(=O)Nn2cnc3ccccc32)c1. The van der Waals surface area contributed by atoms with Gasteiger partial charge in [-0.15, -0.1) is 0 Å². The lowest BCUT2D eigenvalue weighted by molar-refractivity contribution is -0.114. The van der Waals surface area contributed by atoms with E-state index in [0.29, 0.717) is 0 Å². The summed E-state index contributed by atoms with van der Waals surface area (Å²) in [5.41, 5.74) is 8.01. The number of aromatic nitrogens is 4. The van der Waals surface area contributed by atoms with Crippen LogP contribution in [-0.4, -0.2) is 30.9 Å². The van der Waals surface area contributed by atoms with Crippen LogP contribution in [-0.2, 0) is 4.79 Å². The molecule has 0 saturated heterocycles. The Balaban J connectivity index is 1.46. The highest BCUT2D eigenvalue weighted by Gasteiger charge is 2.11. The number of amides is 1. The first-order valence-corrected chi connectivity index (χ1v) is 9.55. The summed E-state index contributed by atoms with van der Waals surface area (Å²) in [5.74, 6) is 0.145. The number of para-hydroxylation sites is 2. The molecule has 0 saturated carbocycles. The van der Waals surface area contributed by atoms with Gasteiger partial charge in [0.25, 0.3) is 0 Å². The fourth-order valence-corrected chi connectivity index (χ4v) is 3.79. The molecule has 0 aliphatic rings. The Kier molecular flexibility index (Phi) is 4.68. The van der Waals surface area contributed by atoms with Crippen LogP contribution in [0.15, 0.2) is 66.3 Å². The summed E-state index contributed by atoms with van der Waals surface area (Å²) in [6.07, 6.45) is 5.28. The number of carbonyl (C=O) groups excluding carboxylic acids is 1. The number of nitrogens with zero attached hydrogens (tertiary/aromatic N) is 4. The van der Waals surface area contributed by atoms with E-state index in [0.717, 1.165) is 21.9 Å². The molecule has 2 aromatic carbocycles. The second kappa shape index (κ2) is 7.28. The Morgan fingerprint density at radius 2 is 1.89 bits per heavy atom. The number of thioether (sulfide) groups is 1. The highest BCUT2D eigenvalue weighted by molar-refractivity contribution is 7.99. The number of carbonyl (C=O) groups is 1. The van der Waals surface area contributed by atoms with Crippen LogP contribution in [0.2, 0.25) is 0 Å². The van der Waals surface area contributed by atoms with Crippen molar-refractivity contribution in [1.29, 1.82) is 0 Å². The van der Waals surface area contributed by atoms with Gasteiger partial charge in [0.1, 0.15) is 6.33 Å². The van der Waals surface area contributed by atoms with E-state index in [1.54, 1.807) is 17.2 Å². The first-order chi connectivity index (χ1) is 13.1. The molecule has 2 heterocycles. The lowest BCUT2D eigenvalue weighted by Gasteiger charge is -2.10. The smallest absolute Gasteiger partial charge is 0.249 e. The second-order valence-corrected chi connectivity index (χ2v) is 7.30. The Bertz CT molecular complexity index is 1090. The number of fused-ring (bicyclic) bond motifs is 1. The van der Waals surface area contributed by atoms with Gasteiger partial charge in [-0.1, -0.05) is 30.0 Å². The van der Waals surface area contributed by atoms with E-state index in [-0.39, 0.29) is 11.7 Å². The molecule has 0 unspecified atom stereocenters. The Labute approximate surface area is 161 Å². The minimum Gasteiger partial charge on any atom is -0.295 e. The maximum absolute atomic E-state index is 12.4. The van der Waals surface area contributed by atoms with Crippen LogP contribution in [0.5, 0.6) is 0 Å². The third-order valence-electron chi connectivity index (χ3n) is 4.12. The summed E-state index contributed by atoms with van der Waals surface area (Å²) in [7, 11) is 0. The molecule has 27 heavy (non-hydrogen) atoms. The monoisotopic (exact) mass is 377 g/mol. The summed E-state index contributed by atoms with van der Waals surface area (Å²) >= 11 is 1.40. The number of hydrogen-bond acceptors (Lipinski definition) is 4. The van der Waals surface area contributed by atoms with Crippen LogP contribution in [0.3, 0.4) is 0 Å². The third-order valence-corrected chi connectivity index (χ3v) is 5.09. The summed E-state index contributed by atoms with van der Waals surface area (Å²) in [5, 5.41) is 0.783. The fourth-order valence-electron chi connectivity index (χ4n) is 3.03. The van der Waals surface area contributed by atoms with E-state index in [9.17, 15) is 4.79 Å². The van der Waals surface area contributed by atoms with Gasteiger partial charge >= 0.3 is 0 Å². The van der Waals surface area contributed by atoms with Gasteiger partial charge in [0, 0.05) is 18.1 Å². The van der Waals surface area contributed by atoms with Gasteiger partial charge in [0.15, 0.2) is 5.16 Å². The molecular formula is C20H19N5OS. The maximum Gasteiger partial charge on any atom is 0.249 e. The van der Waals surface area contributed by atoms with Crippen LogP contribution < -0.4 is 5.43 Å². The highest BCUT2D eigenvalue weighted by atomic mass is 32.2. The topological polar surface area (TPSA) is 64.7 Å². The molecule has 1 amide bonds. The highest BCUT2D eigenvalue weighted by Crippen LogP contribution is 2.22. The molecule has 4 aromatic rings. The summed E-state index contributed by atoms with van der Waals surface area (Å²) < 4.78 is 3.65. The van der Waals surface area contributed by atoms with E-state index < -0.39 is 0 Å². The van der Waals surface area contributed by atoms with Gasteiger partial charge in [0.05, 0.1) is 16.8 Å². The van der Waals surface area contributed by atoms with Crippen LogP contribution in [0, 0.1) is 13.8 Å². The number of aryl methyl sites for hydroxylation is 2. The van der Waals surface area contributed by atoms with E-state index in [1.165, 1.54) is 22.9 Å². The minimum atomic E-state index is -0.113. The van der Waals surface area contributed by atoms with E-state index in [1.807, 2.05) is 35.0 Å². The predicted molar refractivity (Wildman–Crippen MR) is 108 cm³/mol. The number of imidazole rings is 2. The van der Waals surface area contributed by atoms with Crippen molar-refractivity contribution in [3.8, 4) is 5.69 Å². The first-order valence-electron chi connectivity index (χ1n) is 8.57. The van der Waals surface area contributed by atoms with Gasteiger partial charge < -0.3 is 0 Å². The fraction of sp³-hybridized carbons (Fsp3) is 0.150. The molecule has 6 nitrogen and oxygen atoms in total.